The van der Waals surface area contributed by atoms with E-state index in [9.17, 15) is 4.79 Å². The van der Waals surface area contributed by atoms with Crippen molar-refractivity contribution in [2.75, 3.05) is 0 Å². The molecule has 5 nitrogen and oxygen atoms in total. The Kier molecular flexibility index (Phi) is 4.43. The van der Waals surface area contributed by atoms with E-state index in [1.54, 1.807) is 31.2 Å². The predicted molar refractivity (Wildman–Crippen MR) is 80.9 cm³/mol. The van der Waals surface area contributed by atoms with Crippen LogP contribution in [0.5, 0.6) is 11.6 Å². The Hall–Kier alpha value is -2.14. The van der Waals surface area contributed by atoms with Crippen LogP contribution in [0.25, 0.3) is 0 Å². The standard InChI is InChI=1S/C15H16ClN3O2/c1-8(2)14-18-12(16)9(3)15(19-14)21-11-6-4-10(5-7-11)13(17)20/h4-8H,1-3H3,(H2,17,20). The Labute approximate surface area is 128 Å². The fourth-order valence-electron chi connectivity index (χ4n) is 1.64. The maximum Gasteiger partial charge on any atom is 0.248 e. The number of rotatable bonds is 4. The number of carbonyl (C=O) groups is 1. The van der Waals surface area contributed by atoms with Crippen LogP contribution in [0.1, 0.15) is 41.5 Å². The molecule has 21 heavy (non-hydrogen) atoms. The summed E-state index contributed by atoms with van der Waals surface area (Å²) in [6, 6.07) is 6.51. The van der Waals surface area contributed by atoms with Gasteiger partial charge in [0.1, 0.15) is 16.7 Å². The lowest BCUT2D eigenvalue weighted by Gasteiger charge is -2.12. The zero-order valence-electron chi connectivity index (χ0n) is 12.1. The van der Waals surface area contributed by atoms with Gasteiger partial charge in [-0.05, 0) is 31.2 Å². The van der Waals surface area contributed by atoms with Crippen LogP contribution >= 0.6 is 11.6 Å². The van der Waals surface area contributed by atoms with Gasteiger partial charge in [0.25, 0.3) is 0 Å². The normalized spacial score (nSPS) is 10.7. The van der Waals surface area contributed by atoms with Gasteiger partial charge in [0.15, 0.2) is 0 Å². The highest BCUT2D eigenvalue weighted by atomic mass is 35.5. The molecule has 6 heteroatoms. The molecule has 1 amide bonds. The second-order valence-corrected chi connectivity index (χ2v) is 5.31. The highest BCUT2D eigenvalue weighted by molar-refractivity contribution is 6.30. The zero-order valence-corrected chi connectivity index (χ0v) is 12.8. The number of nitrogens with zero attached hydrogens (tertiary/aromatic N) is 2. The lowest BCUT2D eigenvalue weighted by molar-refractivity contribution is 0.100. The molecular formula is C15H16ClN3O2. The van der Waals surface area contributed by atoms with E-state index in [0.29, 0.717) is 33.7 Å². The van der Waals surface area contributed by atoms with Gasteiger partial charge in [0.2, 0.25) is 11.8 Å². The fourth-order valence-corrected chi connectivity index (χ4v) is 1.81. The molecule has 0 saturated heterocycles. The second kappa shape index (κ2) is 6.10. The minimum absolute atomic E-state index is 0.141. The van der Waals surface area contributed by atoms with E-state index in [1.807, 2.05) is 13.8 Å². The first-order chi connectivity index (χ1) is 9.88. The van der Waals surface area contributed by atoms with E-state index in [1.165, 1.54) is 0 Å². The molecule has 0 bridgehead atoms. The molecule has 1 aromatic carbocycles. The third-order valence-electron chi connectivity index (χ3n) is 2.93. The number of primary amides is 1. The van der Waals surface area contributed by atoms with Crippen molar-refractivity contribution in [3.63, 3.8) is 0 Å². The fraction of sp³-hybridized carbons (Fsp3) is 0.267. The summed E-state index contributed by atoms with van der Waals surface area (Å²) in [5.74, 6) is 1.24. The van der Waals surface area contributed by atoms with Crippen molar-refractivity contribution < 1.29 is 9.53 Å². The van der Waals surface area contributed by atoms with Gasteiger partial charge in [-0.1, -0.05) is 25.4 Å². The molecule has 0 aliphatic rings. The first kappa shape index (κ1) is 15.3. The predicted octanol–water partition coefficient (Wildman–Crippen LogP) is 3.45. The molecule has 0 unspecified atom stereocenters. The maximum atomic E-state index is 11.0. The molecule has 1 heterocycles. The molecule has 110 valence electrons. The van der Waals surface area contributed by atoms with Crippen LogP contribution in [-0.4, -0.2) is 15.9 Å². The van der Waals surface area contributed by atoms with Crippen molar-refractivity contribution in [1.82, 2.24) is 9.97 Å². The molecule has 2 rings (SSSR count). The Morgan fingerprint density at radius 2 is 1.86 bits per heavy atom. The number of hydrogen-bond acceptors (Lipinski definition) is 4. The van der Waals surface area contributed by atoms with Gasteiger partial charge >= 0.3 is 0 Å². The summed E-state index contributed by atoms with van der Waals surface area (Å²) in [6.45, 7) is 5.75. The van der Waals surface area contributed by atoms with Gasteiger partial charge in [-0.25, -0.2) is 4.98 Å². The molecule has 0 aliphatic carbocycles. The number of ether oxygens (including phenoxy) is 1. The summed E-state index contributed by atoms with van der Waals surface area (Å²) in [6.07, 6.45) is 0. The molecule has 0 spiro atoms. The molecule has 0 saturated carbocycles. The molecule has 2 aromatic rings. The quantitative estimate of drug-likeness (QED) is 0.877. The number of halogens is 1. The third-order valence-corrected chi connectivity index (χ3v) is 3.30. The lowest BCUT2D eigenvalue weighted by Crippen LogP contribution is -2.10. The molecular weight excluding hydrogens is 290 g/mol. The van der Waals surface area contributed by atoms with Gasteiger partial charge < -0.3 is 10.5 Å². The van der Waals surface area contributed by atoms with Gasteiger partial charge in [-0.3, -0.25) is 4.79 Å². The summed E-state index contributed by atoms with van der Waals surface area (Å²) in [4.78, 5) is 19.6. The summed E-state index contributed by atoms with van der Waals surface area (Å²) in [5, 5.41) is 0.373. The van der Waals surface area contributed by atoms with Gasteiger partial charge in [0, 0.05) is 17.0 Å². The number of hydrogen-bond donors (Lipinski definition) is 1. The second-order valence-electron chi connectivity index (χ2n) is 4.95. The van der Waals surface area contributed by atoms with Crippen LogP contribution in [0.4, 0.5) is 0 Å². The van der Waals surface area contributed by atoms with Gasteiger partial charge in [-0.2, -0.15) is 4.98 Å². The summed E-state index contributed by atoms with van der Waals surface area (Å²) in [5.41, 5.74) is 6.28. The zero-order chi connectivity index (χ0) is 15.6. The van der Waals surface area contributed by atoms with Gasteiger partial charge in [0.05, 0.1) is 0 Å². The van der Waals surface area contributed by atoms with Crippen molar-refractivity contribution in [2.45, 2.75) is 26.7 Å². The van der Waals surface area contributed by atoms with E-state index < -0.39 is 5.91 Å². The van der Waals surface area contributed by atoms with Crippen LogP contribution < -0.4 is 10.5 Å². The topological polar surface area (TPSA) is 78.1 Å². The largest absolute Gasteiger partial charge is 0.439 e. The van der Waals surface area contributed by atoms with Crippen molar-refractivity contribution in [2.24, 2.45) is 5.73 Å². The van der Waals surface area contributed by atoms with Crippen LogP contribution in [0.15, 0.2) is 24.3 Å². The third kappa shape index (κ3) is 3.49. The van der Waals surface area contributed by atoms with E-state index in [4.69, 9.17) is 22.1 Å². The van der Waals surface area contributed by atoms with Crippen molar-refractivity contribution in [1.29, 1.82) is 0 Å². The maximum absolute atomic E-state index is 11.0. The summed E-state index contributed by atoms with van der Waals surface area (Å²) < 4.78 is 5.73. The number of amides is 1. The molecule has 2 N–H and O–H groups in total. The molecule has 1 aromatic heterocycles. The van der Waals surface area contributed by atoms with Crippen LogP contribution in [-0.2, 0) is 0 Å². The van der Waals surface area contributed by atoms with Crippen molar-refractivity contribution in [3.05, 3.63) is 46.4 Å². The van der Waals surface area contributed by atoms with Crippen LogP contribution in [0, 0.1) is 6.92 Å². The van der Waals surface area contributed by atoms with E-state index in [0.717, 1.165) is 0 Å². The molecule has 0 fully saturated rings. The Morgan fingerprint density at radius 3 is 2.38 bits per heavy atom. The average Bonchev–Trinajstić information content (AvgIpc) is 2.44. The van der Waals surface area contributed by atoms with Crippen LogP contribution in [0.2, 0.25) is 5.15 Å². The van der Waals surface area contributed by atoms with Gasteiger partial charge in [-0.15, -0.1) is 0 Å². The summed E-state index contributed by atoms with van der Waals surface area (Å²) >= 11 is 6.10. The smallest absolute Gasteiger partial charge is 0.248 e. The highest BCUT2D eigenvalue weighted by Gasteiger charge is 2.13. The first-order valence-corrected chi connectivity index (χ1v) is 6.88. The van der Waals surface area contributed by atoms with Crippen LogP contribution in [0.3, 0.4) is 0 Å². The summed E-state index contributed by atoms with van der Waals surface area (Å²) in [7, 11) is 0. The number of nitrogens with two attached hydrogens (primary N) is 1. The van der Waals surface area contributed by atoms with E-state index in [2.05, 4.69) is 9.97 Å². The Bertz CT molecular complexity index is 669. The van der Waals surface area contributed by atoms with E-state index in [-0.39, 0.29) is 5.92 Å². The first-order valence-electron chi connectivity index (χ1n) is 6.50. The molecule has 0 atom stereocenters. The SMILES string of the molecule is Cc1c(Cl)nc(C(C)C)nc1Oc1ccc(C(N)=O)cc1. The lowest BCUT2D eigenvalue weighted by atomic mass is 10.2. The van der Waals surface area contributed by atoms with Crippen molar-refractivity contribution >= 4 is 17.5 Å². The minimum atomic E-state index is -0.482. The monoisotopic (exact) mass is 305 g/mol. The highest BCUT2D eigenvalue weighted by Crippen LogP contribution is 2.28. The number of benzene rings is 1. The van der Waals surface area contributed by atoms with Crippen molar-refractivity contribution in [3.8, 4) is 11.6 Å². The van der Waals surface area contributed by atoms with E-state index >= 15 is 0 Å². The Morgan fingerprint density at radius 1 is 1.24 bits per heavy atom. The number of aromatic nitrogens is 2. The molecule has 0 radical (unpaired) electrons. The molecule has 0 aliphatic heterocycles. The minimum Gasteiger partial charge on any atom is -0.439 e. The Balaban J connectivity index is 2.32. The number of carbonyl (C=O) groups excluding carboxylic acids is 1. The average molecular weight is 306 g/mol.